The van der Waals surface area contributed by atoms with Crippen LogP contribution in [0.25, 0.3) is 33.0 Å². The van der Waals surface area contributed by atoms with Crippen LogP contribution in [0.2, 0.25) is 0 Å². The lowest BCUT2D eigenvalue weighted by molar-refractivity contribution is 0.0482. The Kier molecular flexibility index (Phi) is 7.74. The number of benzene rings is 4. The Labute approximate surface area is 276 Å². The Morgan fingerprint density at radius 1 is 0.787 bits per heavy atom. The summed E-state index contributed by atoms with van der Waals surface area (Å²) in [5, 5.41) is 2.20. The van der Waals surface area contributed by atoms with Crippen LogP contribution >= 0.6 is 0 Å². The highest BCUT2D eigenvalue weighted by Gasteiger charge is 2.38. The molecule has 0 radical (unpaired) electrons. The molecular formula is C42H39N3O2. The number of hydrogen-bond acceptors (Lipinski definition) is 3. The number of carbonyl (C=O) groups excluding carboxylic acids is 1. The number of hydrogen-bond donors (Lipinski definition) is 0. The molecule has 47 heavy (non-hydrogen) atoms. The van der Waals surface area contributed by atoms with Crippen molar-refractivity contribution in [2.24, 2.45) is 0 Å². The zero-order chi connectivity index (χ0) is 32.8. The Hall–Kier alpha value is -5.47. The van der Waals surface area contributed by atoms with Crippen LogP contribution in [0.3, 0.4) is 0 Å². The molecule has 3 heterocycles. The molecule has 0 saturated heterocycles. The summed E-state index contributed by atoms with van der Waals surface area (Å²) in [5.41, 5.74) is 12.0. The van der Waals surface area contributed by atoms with E-state index in [1.165, 1.54) is 5.52 Å². The van der Waals surface area contributed by atoms with Gasteiger partial charge in [-0.15, -0.1) is 0 Å². The second-order valence-electron chi connectivity index (χ2n) is 12.0. The molecule has 1 aliphatic rings. The number of anilines is 1. The molecule has 0 spiro atoms. The topological polar surface area (TPSA) is 39.4 Å². The van der Waals surface area contributed by atoms with Gasteiger partial charge in [0.15, 0.2) is 6.10 Å². The molecule has 6 aromatic rings. The van der Waals surface area contributed by atoms with Crippen molar-refractivity contribution in [1.29, 1.82) is 0 Å². The number of nitrogens with zero attached hydrogens (tertiary/aromatic N) is 3. The smallest absolute Gasteiger partial charge is 0.339 e. The quantitative estimate of drug-likeness (QED) is 0.126. The van der Waals surface area contributed by atoms with Gasteiger partial charge in [0.25, 0.3) is 0 Å². The van der Waals surface area contributed by atoms with Crippen molar-refractivity contribution in [2.45, 2.75) is 47.3 Å². The molecule has 0 fully saturated rings. The van der Waals surface area contributed by atoms with Gasteiger partial charge in [0.1, 0.15) is 0 Å². The van der Waals surface area contributed by atoms with Crippen LogP contribution in [0.15, 0.2) is 97.1 Å². The van der Waals surface area contributed by atoms with Gasteiger partial charge in [-0.05, 0) is 70.5 Å². The van der Waals surface area contributed by atoms with Crippen molar-refractivity contribution in [2.75, 3.05) is 18.0 Å². The number of esters is 1. The average Bonchev–Trinajstić information content (AvgIpc) is 3.69. The molecule has 5 heteroatoms. The van der Waals surface area contributed by atoms with Crippen molar-refractivity contribution in [1.82, 2.24) is 9.13 Å². The molecular weight excluding hydrogens is 578 g/mol. The first kappa shape index (κ1) is 30.2. The number of para-hydroxylation sites is 2. The fourth-order valence-corrected chi connectivity index (χ4v) is 7.63. The van der Waals surface area contributed by atoms with E-state index in [2.05, 4.69) is 117 Å². The van der Waals surface area contributed by atoms with Crippen LogP contribution in [0.4, 0.5) is 5.69 Å². The predicted molar refractivity (Wildman–Crippen MR) is 194 cm³/mol. The highest BCUT2D eigenvalue weighted by Crippen LogP contribution is 2.50. The number of terminal acetylenes is 1. The van der Waals surface area contributed by atoms with Gasteiger partial charge in [0, 0.05) is 86.9 Å². The summed E-state index contributed by atoms with van der Waals surface area (Å²) in [6.07, 6.45) is 5.57. The maximum absolute atomic E-state index is 13.5. The second kappa shape index (κ2) is 12.0. The second-order valence-corrected chi connectivity index (χ2v) is 12.0. The lowest BCUT2D eigenvalue weighted by Crippen LogP contribution is -2.21. The molecule has 4 aromatic carbocycles. The largest absolute Gasteiger partial charge is 0.449 e. The van der Waals surface area contributed by atoms with E-state index in [9.17, 15) is 4.79 Å². The molecule has 0 saturated carbocycles. The number of fused-ring (bicyclic) bond motifs is 3. The Bertz CT molecular complexity index is 2240. The van der Waals surface area contributed by atoms with E-state index in [1.54, 1.807) is 0 Å². The summed E-state index contributed by atoms with van der Waals surface area (Å²) in [5.74, 6) is -0.308. The van der Waals surface area contributed by atoms with Crippen LogP contribution in [-0.2, 0) is 11.3 Å². The molecule has 1 unspecified atom stereocenters. The number of cyclic esters (lactones) is 1. The Morgan fingerprint density at radius 3 is 2.04 bits per heavy atom. The third-order valence-corrected chi connectivity index (χ3v) is 9.81. The van der Waals surface area contributed by atoms with Gasteiger partial charge >= 0.3 is 5.97 Å². The lowest BCUT2D eigenvalue weighted by atomic mass is 9.82. The first-order valence-corrected chi connectivity index (χ1v) is 16.5. The average molecular weight is 618 g/mol. The summed E-state index contributed by atoms with van der Waals surface area (Å²) >= 11 is 0. The first-order chi connectivity index (χ1) is 22.9. The number of rotatable bonds is 8. The number of aryl methyl sites for hydroxylation is 1. The van der Waals surface area contributed by atoms with E-state index >= 15 is 0 Å². The standard InChI is InChI=1S/C42H39N3O2/c1-7-43(8-2)30-25-23-29(24-26-30)39(41-31-17-11-12-18-32(31)42(46)47-41)40(37-27(5)44(9-3)35-21-15-13-19-33(35)37)38-28(6)45(10-4)36-22-16-14-20-34(36)38/h3,11-26,41H,7-8,10H2,1-2,4-6H3/b40-39+. The monoisotopic (exact) mass is 617 g/mol. The highest BCUT2D eigenvalue weighted by atomic mass is 16.5. The molecule has 234 valence electrons. The zero-order valence-corrected chi connectivity index (χ0v) is 27.7. The van der Waals surface area contributed by atoms with Gasteiger partial charge in [0.05, 0.1) is 11.1 Å². The SMILES string of the molecule is C#Cn1c(C)c(/C(=C(/c2ccc(N(CC)CC)cc2)C2OC(=O)c3ccccc32)c2c(C)n(CC)c3ccccc23)c2ccccc21. The van der Waals surface area contributed by atoms with Crippen molar-refractivity contribution in [3.05, 3.63) is 136 Å². The van der Waals surface area contributed by atoms with Gasteiger partial charge in [-0.3, -0.25) is 4.57 Å². The van der Waals surface area contributed by atoms with Crippen molar-refractivity contribution in [3.63, 3.8) is 0 Å². The molecule has 0 N–H and O–H groups in total. The van der Waals surface area contributed by atoms with E-state index < -0.39 is 6.10 Å². The molecule has 1 aliphatic heterocycles. The molecule has 5 nitrogen and oxygen atoms in total. The van der Waals surface area contributed by atoms with Crippen molar-refractivity contribution in [3.8, 4) is 12.5 Å². The third kappa shape index (κ3) is 4.67. The third-order valence-electron chi connectivity index (χ3n) is 9.81. The van der Waals surface area contributed by atoms with Crippen molar-refractivity contribution < 1.29 is 9.53 Å². The van der Waals surface area contributed by atoms with Crippen LogP contribution in [0.5, 0.6) is 0 Å². The molecule has 0 bridgehead atoms. The fraction of sp³-hybridized carbons (Fsp3) is 0.214. The van der Waals surface area contributed by atoms with Gasteiger partial charge in [0.2, 0.25) is 0 Å². The zero-order valence-electron chi connectivity index (χ0n) is 27.7. The van der Waals surface area contributed by atoms with Gasteiger partial charge < -0.3 is 14.2 Å². The van der Waals surface area contributed by atoms with Crippen LogP contribution in [0.1, 0.15) is 70.9 Å². The summed E-state index contributed by atoms with van der Waals surface area (Å²) in [6, 6.07) is 36.3. The minimum absolute atomic E-state index is 0.308. The minimum Gasteiger partial charge on any atom is -0.449 e. The van der Waals surface area contributed by atoms with Gasteiger partial charge in [-0.2, -0.15) is 0 Å². The van der Waals surface area contributed by atoms with E-state index in [0.717, 1.165) is 86.4 Å². The van der Waals surface area contributed by atoms with E-state index in [4.69, 9.17) is 11.2 Å². The maximum Gasteiger partial charge on any atom is 0.339 e. The molecule has 0 amide bonds. The van der Waals surface area contributed by atoms with E-state index in [1.807, 2.05) is 34.9 Å². The number of ether oxygens (including phenoxy) is 1. The summed E-state index contributed by atoms with van der Waals surface area (Å²) in [7, 11) is 0. The van der Waals surface area contributed by atoms with E-state index in [0.29, 0.717) is 5.56 Å². The van der Waals surface area contributed by atoms with Crippen LogP contribution < -0.4 is 4.90 Å². The number of aromatic nitrogens is 2. The highest BCUT2D eigenvalue weighted by molar-refractivity contribution is 6.14. The van der Waals surface area contributed by atoms with Crippen molar-refractivity contribution >= 4 is 44.6 Å². The van der Waals surface area contributed by atoms with Gasteiger partial charge in [-0.1, -0.05) is 73.2 Å². The summed E-state index contributed by atoms with van der Waals surface area (Å²) < 4.78 is 10.7. The Morgan fingerprint density at radius 2 is 1.38 bits per heavy atom. The molecule has 0 aliphatic carbocycles. The predicted octanol–water partition coefficient (Wildman–Crippen LogP) is 9.39. The number of carbonyl (C=O) groups is 1. The van der Waals surface area contributed by atoms with E-state index in [-0.39, 0.29) is 5.97 Å². The first-order valence-electron chi connectivity index (χ1n) is 16.5. The molecule has 2 aromatic heterocycles. The maximum atomic E-state index is 13.5. The summed E-state index contributed by atoms with van der Waals surface area (Å²) in [4.78, 5) is 15.8. The minimum atomic E-state index is -0.622. The fourth-order valence-electron chi connectivity index (χ4n) is 7.63. The normalized spacial score (nSPS) is 14.6. The van der Waals surface area contributed by atoms with Crippen LogP contribution in [0, 0.1) is 26.3 Å². The molecule has 1 atom stereocenters. The van der Waals surface area contributed by atoms with Crippen LogP contribution in [-0.4, -0.2) is 28.2 Å². The lowest BCUT2D eigenvalue weighted by Gasteiger charge is -2.25. The Balaban J connectivity index is 1.69. The summed E-state index contributed by atoms with van der Waals surface area (Å²) in [6.45, 7) is 13.5. The molecule has 7 rings (SSSR count). The van der Waals surface area contributed by atoms with Gasteiger partial charge in [-0.25, -0.2) is 4.79 Å².